The SMILES string of the molecule is CCNC(C)c1cccc(NC(=O)c2cn(C)cn2)c1. The molecule has 0 radical (unpaired) electrons. The lowest BCUT2D eigenvalue weighted by molar-refractivity contribution is 0.102. The van der Waals surface area contributed by atoms with Crippen LogP contribution in [0.3, 0.4) is 0 Å². The first kappa shape index (κ1) is 14.3. The third-order valence-corrected chi connectivity index (χ3v) is 3.09. The van der Waals surface area contributed by atoms with Crippen LogP contribution in [0.1, 0.15) is 35.9 Å². The lowest BCUT2D eigenvalue weighted by atomic mass is 10.1. The van der Waals surface area contributed by atoms with Gasteiger partial charge in [-0.05, 0) is 31.2 Å². The van der Waals surface area contributed by atoms with Crippen molar-refractivity contribution in [3.05, 3.63) is 48.0 Å². The number of hydrogen-bond donors (Lipinski definition) is 2. The zero-order valence-corrected chi connectivity index (χ0v) is 12.1. The van der Waals surface area contributed by atoms with Crippen LogP contribution in [0.25, 0.3) is 0 Å². The number of benzene rings is 1. The van der Waals surface area contributed by atoms with Crippen LogP contribution in [0.4, 0.5) is 5.69 Å². The maximum atomic E-state index is 12.0. The number of nitrogens with one attached hydrogen (secondary N) is 2. The van der Waals surface area contributed by atoms with Gasteiger partial charge in [0.25, 0.3) is 5.91 Å². The van der Waals surface area contributed by atoms with Crippen molar-refractivity contribution in [1.29, 1.82) is 0 Å². The molecule has 1 heterocycles. The molecule has 20 heavy (non-hydrogen) atoms. The van der Waals surface area contributed by atoms with E-state index in [0.29, 0.717) is 5.69 Å². The van der Waals surface area contributed by atoms with E-state index in [-0.39, 0.29) is 11.9 Å². The molecule has 2 N–H and O–H groups in total. The van der Waals surface area contributed by atoms with E-state index in [0.717, 1.165) is 17.8 Å². The third kappa shape index (κ3) is 3.45. The van der Waals surface area contributed by atoms with Gasteiger partial charge in [0.2, 0.25) is 0 Å². The quantitative estimate of drug-likeness (QED) is 0.878. The lowest BCUT2D eigenvalue weighted by Gasteiger charge is -2.14. The summed E-state index contributed by atoms with van der Waals surface area (Å²) in [4.78, 5) is 16.1. The predicted octanol–water partition coefficient (Wildman–Crippen LogP) is 2.34. The van der Waals surface area contributed by atoms with Crippen molar-refractivity contribution in [2.24, 2.45) is 7.05 Å². The average molecular weight is 272 g/mol. The molecule has 106 valence electrons. The number of carbonyl (C=O) groups excluding carboxylic acids is 1. The second-order valence-corrected chi connectivity index (χ2v) is 4.78. The molecule has 0 fully saturated rings. The molecule has 1 aromatic heterocycles. The van der Waals surface area contributed by atoms with E-state index in [2.05, 4.69) is 29.5 Å². The maximum Gasteiger partial charge on any atom is 0.275 e. The monoisotopic (exact) mass is 272 g/mol. The summed E-state index contributed by atoms with van der Waals surface area (Å²) < 4.78 is 1.75. The Balaban J connectivity index is 2.09. The fraction of sp³-hybridized carbons (Fsp3) is 0.333. The largest absolute Gasteiger partial charge is 0.340 e. The Morgan fingerprint density at radius 3 is 2.90 bits per heavy atom. The van der Waals surface area contributed by atoms with E-state index in [1.54, 1.807) is 17.1 Å². The minimum atomic E-state index is -0.196. The summed E-state index contributed by atoms with van der Waals surface area (Å²) in [5.74, 6) is -0.196. The molecule has 0 aliphatic carbocycles. The number of anilines is 1. The number of imidazole rings is 1. The molecular weight excluding hydrogens is 252 g/mol. The van der Waals surface area contributed by atoms with Gasteiger partial charge < -0.3 is 15.2 Å². The number of carbonyl (C=O) groups is 1. The minimum Gasteiger partial charge on any atom is -0.340 e. The molecule has 2 rings (SSSR count). The second kappa shape index (κ2) is 6.34. The Morgan fingerprint density at radius 2 is 2.25 bits per heavy atom. The van der Waals surface area contributed by atoms with Gasteiger partial charge in [-0.2, -0.15) is 0 Å². The molecule has 0 aliphatic heterocycles. The summed E-state index contributed by atoms with van der Waals surface area (Å²) in [5.41, 5.74) is 2.34. The molecule has 5 heteroatoms. The Labute approximate surface area is 119 Å². The van der Waals surface area contributed by atoms with E-state index in [1.807, 2.05) is 31.3 Å². The third-order valence-electron chi connectivity index (χ3n) is 3.09. The molecule has 0 bridgehead atoms. The summed E-state index contributed by atoms with van der Waals surface area (Å²) in [6.45, 7) is 5.08. The number of amides is 1. The number of aromatic nitrogens is 2. The normalized spacial score (nSPS) is 12.2. The van der Waals surface area contributed by atoms with Gasteiger partial charge in [0.15, 0.2) is 0 Å². The average Bonchev–Trinajstić information content (AvgIpc) is 2.86. The number of hydrogen-bond acceptors (Lipinski definition) is 3. The van der Waals surface area contributed by atoms with Crippen LogP contribution in [0, 0.1) is 0 Å². The fourth-order valence-electron chi connectivity index (χ4n) is 2.04. The fourth-order valence-corrected chi connectivity index (χ4v) is 2.04. The number of aryl methyl sites for hydroxylation is 1. The van der Waals surface area contributed by atoms with E-state index in [1.165, 1.54) is 0 Å². The van der Waals surface area contributed by atoms with Gasteiger partial charge in [0, 0.05) is 25.0 Å². The first-order valence-corrected chi connectivity index (χ1v) is 6.72. The Bertz CT molecular complexity index is 591. The highest BCUT2D eigenvalue weighted by Gasteiger charge is 2.10. The molecule has 1 aromatic carbocycles. The van der Waals surface area contributed by atoms with Crippen LogP contribution in [-0.2, 0) is 7.05 Å². The predicted molar refractivity (Wildman–Crippen MR) is 79.7 cm³/mol. The summed E-state index contributed by atoms with van der Waals surface area (Å²) in [6.07, 6.45) is 3.30. The summed E-state index contributed by atoms with van der Waals surface area (Å²) in [5, 5.41) is 6.22. The standard InChI is InChI=1S/C15H20N4O/c1-4-16-11(2)12-6-5-7-13(8-12)18-15(20)14-9-19(3)10-17-14/h5-11,16H,4H2,1-3H3,(H,18,20). The van der Waals surface area contributed by atoms with Gasteiger partial charge in [-0.15, -0.1) is 0 Å². The summed E-state index contributed by atoms with van der Waals surface area (Å²) >= 11 is 0. The van der Waals surface area contributed by atoms with Crippen molar-refractivity contribution in [2.75, 3.05) is 11.9 Å². The van der Waals surface area contributed by atoms with Gasteiger partial charge in [-0.1, -0.05) is 19.1 Å². The minimum absolute atomic E-state index is 0.196. The van der Waals surface area contributed by atoms with Crippen LogP contribution < -0.4 is 10.6 Å². The van der Waals surface area contributed by atoms with Crippen molar-refractivity contribution >= 4 is 11.6 Å². The molecule has 0 saturated heterocycles. The van der Waals surface area contributed by atoms with Crippen LogP contribution in [-0.4, -0.2) is 22.0 Å². The Hall–Kier alpha value is -2.14. The molecular formula is C15H20N4O. The molecule has 2 aromatic rings. The number of rotatable bonds is 5. The van der Waals surface area contributed by atoms with Gasteiger partial charge >= 0.3 is 0 Å². The molecule has 1 amide bonds. The van der Waals surface area contributed by atoms with E-state index in [4.69, 9.17) is 0 Å². The van der Waals surface area contributed by atoms with Crippen LogP contribution >= 0.6 is 0 Å². The highest BCUT2D eigenvalue weighted by Crippen LogP contribution is 2.17. The Morgan fingerprint density at radius 1 is 1.45 bits per heavy atom. The smallest absolute Gasteiger partial charge is 0.275 e. The van der Waals surface area contributed by atoms with Crippen LogP contribution in [0.15, 0.2) is 36.8 Å². The van der Waals surface area contributed by atoms with Crippen molar-refractivity contribution in [3.63, 3.8) is 0 Å². The van der Waals surface area contributed by atoms with E-state index in [9.17, 15) is 4.79 Å². The molecule has 1 unspecified atom stereocenters. The van der Waals surface area contributed by atoms with Crippen molar-refractivity contribution in [2.45, 2.75) is 19.9 Å². The van der Waals surface area contributed by atoms with E-state index >= 15 is 0 Å². The van der Waals surface area contributed by atoms with Crippen LogP contribution in [0.2, 0.25) is 0 Å². The molecule has 0 spiro atoms. The zero-order valence-electron chi connectivity index (χ0n) is 12.1. The van der Waals surface area contributed by atoms with Gasteiger partial charge in [-0.3, -0.25) is 4.79 Å². The number of nitrogens with zero attached hydrogens (tertiary/aromatic N) is 2. The first-order chi connectivity index (χ1) is 9.60. The van der Waals surface area contributed by atoms with Crippen molar-refractivity contribution < 1.29 is 4.79 Å². The van der Waals surface area contributed by atoms with Gasteiger partial charge in [0.1, 0.15) is 5.69 Å². The molecule has 5 nitrogen and oxygen atoms in total. The molecule has 1 atom stereocenters. The summed E-state index contributed by atoms with van der Waals surface area (Å²) in [6, 6.07) is 8.10. The topological polar surface area (TPSA) is 58.9 Å². The maximum absolute atomic E-state index is 12.0. The van der Waals surface area contributed by atoms with Crippen LogP contribution in [0.5, 0.6) is 0 Å². The summed E-state index contributed by atoms with van der Waals surface area (Å²) in [7, 11) is 1.84. The highest BCUT2D eigenvalue weighted by atomic mass is 16.1. The first-order valence-electron chi connectivity index (χ1n) is 6.72. The van der Waals surface area contributed by atoms with Crippen molar-refractivity contribution in [3.8, 4) is 0 Å². The lowest BCUT2D eigenvalue weighted by Crippen LogP contribution is -2.18. The second-order valence-electron chi connectivity index (χ2n) is 4.78. The molecule has 0 aliphatic rings. The van der Waals surface area contributed by atoms with Gasteiger partial charge in [-0.25, -0.2) is 4.98 Å². The van der Waals surface area contributed by atoms with Gasteiger partial charge in [0.05, 0.1) is 6.33 Å². The Kier molecular flexibility index (Phi) is 4.53. The molecule has 0 saturated carbocycles. The van der Waals surface area contributed by atoms with E-state index < -0.39 is 0 Å². The van der Waals surface area contributed by atoms with Crippen molar-refractivity contribution in [1.82, 2.24) is 14.9 Å². The zero-order chi connectivity index (χ0) is 14.5. The highest BCUT2D eigenvalue weighted by molar-refractivity contribution is 6.02.